The van der Waals surface area contributed by atoms with Gasteiger partial charge in [-0.3, -0.25) is 14.7 Å². The van der Waals surface area contributed by atoms with Gasteiger partial charge in [0.25, 0.3) is 11.3 Å². The molecule has 8 nitrogen and oxygen atoms in total. The molecule has 0 spiro atoms. The van der Waals surface area contributed by atoms with Crippen LogP contribution in [0.3, 0.4) is 0 Å². The van der Waals surface area contributed by atoms with Crippen molar-refractivity contribution in [3.05, 3.63) is 51.9 Å². The van der Waals surface area contributed by atoms with Gasteiger partial charge in [0.2, 0.25) is 5.95 Å². The first-order valence-corrected chi connectivity index (χ1v) is 6.28. The average molecular weight is 284 g/mol. The molecule has 8 heteroatoms. The van der Waals surface area contributed by atoms with E-state index in [0.717, 1.165) is 0 Å². The largest absolute Gasteiger partial charge is 0.366 e. The molecule has 0 amide bonds. The van der Waals surface area contributed by atoms with Gasteiger partial charge in [-0.05, 0) is 6.92 Å². The number of fused-ring (bicyclic) bond motifs is 1. The summed E-state index contributed by atoms with van der Waals surface area (Å²) in [6.07, 6.45) is 0. The van der Waals surface area contributed by atoms with Crippen LogP contribution < -0.4 is 11.3 Å². The van der Waals surface area contributed by atoms with Crippen LogP contribution in [0.4, 0.5) is 5.95 Å². The van der Waals surface area contributed by atoms with Gasteiger partial charge >= 0.3 is 0 Å². The fraction of sp³-hybridized carbons (Fsp3) is 0.154. The number of carbonyl (C=O) groups excluding carboxylic acids is 1. The Hall–Kier alpha value is -3.03. The smallest absolute Gasteiger partial charge is 0.285 e. The van der Waals surface area contributed by atoms with E-state index >= 15 is 0 Å². The normalized spacial score (nSPS) is 12.4. The topological polar surface area (TPSA) is 119 Å². The van der Waals surface area contributed by atoms with Crippen molar-refractivity contribution >= 4 is 17.5 Å². The van der Waals surface area contributed by atoms with E-state index in [9.17, 15) is 9.59 Å². The van der Waals surface area contributed by atoms with Crippen molar-refractivity contribution in [1.82, 2.24) is 24.8 Å². The van der Waals surface area contributed by atoms with Crippen LogP contribution in [0.2, 0.25) is 0 Å². The first-order chi connectivity index (χ1) is 10.1. The molecule has 0 unspecified atom stereocenters. The summed E-state index contributed by atoms with van der Waals surface area (Å²) in [7, 11) is 0. The molecule has 2 heterocycles. The van der Waals surface area contributed by atoms with Gasteiger partial charge in [-0.25, -0.2) is 4.98 Å². The van der Waals surface area contributed by atoms with Gasteiger partial charge in [-0.1, -0.05) is 30.3 Å². The maximum absolute atomic E-state index is 12.4. The zero-order valence-electron chi connectivity index (χ0n) is 11.1. The van der Waals surface area contributed by atoms with Gasteiger partial charge in [0.15, 0.2) is 5.78 Å². The second kappa shape index (κ2) is 4.82. The van der Waals surface area contributed by atoms with Gasteiger partial charge < -0.3 is 5.73 Å². The Balaban J connectivity index is 2.05. The molecule has 0 radical (unpaired) electrons. The van der Waals surface area contributed by atoms with E-state index in [1.54, 1.807) is 31.2 Å². The zero-order chi connectivity index (χ0) is 15.0. The van der Waals surface area contributed by atoms with Gasteiger partial charge in [0.05, 0.1) is 5.92 Å². The lowest BCUT2D eigenvalue weighted by Gasteiger charge is -2.09. The molecule has 1 atom stereocenters. The molecule has 0 saturated heterocycles. The molecule has 0 aliphatic rings. The lowest BCUT2D eigenvalue weighted by atomic mass is 9.97. The first-order valence-electron chi connectivity index (χ1n) is 6.28. The van der Waals surface area contributed by atoms with Crippen molar-refractivity contribution < 1.29 is 4.79 Å². The maximum atomic E-state index is 12.4. The van der Waals surface area contributed by atoms with Crippen LogP contribution in [0.15, 0.2) is 35.1 Å². The monoisotopic (exact) mass is 284 g/mol. The molecule has 0 bridgehead atoms. The van der Waals surface area contributed by atoms with Crippen molar-refractivity contribution in [3.63, 3.8) is 0 Å². The lowest BCUT2D eigenvalue weighted by molar-refractivity contribution is 0.0964. The lowest BCUT2D eigenvalue weighted by Crippen LogP contribution is -2.25. The number of aromatic nitrogens is 5. The Kier molecular flexibility index (Phi) is 2.98. The predicted molar refractivity (Wildman–Crippen MR) is 75.0 cm³/mol. The number of Topliss-reactive ketones (excluding diaryl/α,β-unsaturated/α-hetero) is 1. The van der Waals surface area contributed by atoms with E-state index in [-0.39, 0.29) is 23.2 Å². The van der Waals surface area contributed by atoms with E-state index in [0.29, 0.717) is 5.56 Å². The third-order valence-electron chi connectivity index (χ3n) is 3.20. The van der Waals surface area contributed by atoms with Crippen LogP contribution in [-0.2, 0) is 0 Å². The number of nitrogen functional groups attached to an aromatic ring is 1. The Morgan fingerprint density at radius 2 is 2.00 bits per heavy atom. The van der Waals surface area contributed by atoms with E-state index in [1.165, 1.54) is 4.52 Å². The van der Waals surface area contributed by atoms with E-state index in [2.05, 4.69) is 20.3 Å². The second-order valence-corrected chi connectivity index (χ2v) is 4.58. The molecule has 106 valence electrons. The van der Waals surface area contributed by atoms with Crippen molar-refractivity contribution in [3.8, 4) is 0 Å². The fourth-order valence-electron chi connectivity index (χ4n) is 2.05. The number of rotatable bonds is 3. The molecular formula is C13H12N6O2. The van der Waals surface area contributed by atoms with Crippen LogP contribution in [-0.4, -0.2) is 30.6 Å². The molecule has 3 aromatic rings. The Labute approximate surface area is 118 Å². The molecule has 3 N–H and O–H groups in total. The molecule has 2 aromatic heterocycles. The highest BCUT2D eigenvalue weighted by atomic mass is 16.1. The first kappa shape index (κ1) is 13.0. The number of anilines is 1. The van der Waals surface area contributed by atoms with Crippen molar-refractivity contribution in [2.24, 2.45) is 0 Å². The highest BCUT2D eigenvalue weighted by molar-refractivity contribution is 6.00. The summed E-state index contributed by atoms with van der Waals surface area (Å²) >= 11 is 0. The standard InChI is InChI=1S/C13H12N6O2/c1-7(10(20)8-5-3-2-4-6-8)9-11(21)18-19-12(14)16-17-13(19)15-9/h2-7H,1H3,(H2,14,16)(H,18,21)/t7-/m1/s1. The number of carbonyl (C=O) groups is 1. The summed E-state index contributed by atoms with van der Waals surface area (Å²) in [6.45, 7) is 1.63. The summed E-state index contributed by atoms with van der Waals surface area (Å²) in [5.41, 5.74) is 5.65. The number of ketones is 1. The molecule has 21 heavy (non-hydrogen) atoms. The van der Waals surface area contributed by atoms with Gasteiger partial charge in [-0.15, -0.1) is 10.2 Å². The van der Waals surface area contributed by atoms with E-state index in [4.69, 9.17) is 5.73 Å². The Morgan fingerprint density at radius 1 is 1.29 bits per heavy atom. The highest BCUT2D eigenvalue weighted by Gasteiger charge is 2.22. The highest BCUT2D eigenvalue weighted by Crippen LogP contribution is 2.16. The van der Waals surface area contributed by atoms with Gasteiger partial charge in [-0.2, -0.15) is 4.52 Å². The summed E-state index contributed by atoms with van der Waals surface area (Å²) in [5.74, 6) is -0.706. The molecule has 0 aliphatic carbocycles. The molecule has 0 fully saturated rings. The summed E-state index contributed by atoms with van der Waals surface area (Å²) in [4.78, 5) is 28.5. The van der Waals surface area contributed by atoms with Crippen LogP contribution in [0.5, 0.6) is 0 Å². The van der Waals surface area contributed by atoms with E-state index < -0.39 is 11.5 Å². The fourth-order valence-corrected chi connectivity index (χ4v) is 2.05. The summed E-state index contributed by atoms with van der Waals surface area (Å²) < 4.78 is 1.17. The Bertz CT molecular complexity index is 867. The van der Waals surface area contributed by atoms with Crippen molar-refractivity contribution in [2.45, 2.75) is 12.8 Å². The summed E-state index contributed by atoms with van der Waals surface area (Å²) in [6, 6.07) is 8.73. The number of nitrogens with zero attached hydrogens (tertiary/aromatic N) is 4. The molecule has 3 rings (SSSR count). The maximum Gasteiger partial charge on any atom is 0.285 e. The van der Waals surface area contributed by atoms with Crippen molar-refractivity contribution in [1.29, 1.82) is 0 Å². The average Bonchev–Trinajstić information content (AvgIpc) is 2.86. The number of nitrogens with one attached hydrogen (secondary N) is 1. The number of nitrogens with two attached hydrogens (primary N) is 1. The molecule has 0 saturated carbocycles. The minimum absolute atomic E-state index is 0.0307. The summed E-state index contributed by atoms with van der Waals surface area (Å²) in [5, 5.41) is 9.83. The van der Waals surface area contributed by atoms with E-state index in [1.807, 2.05) is 6.07 Å². The van der Waals surface area contributed by atoms with Gasteiger partial charge in [0.1, 0.15) is 5.69 Å². The van der Waals surface area contributed by atoms with Crippen LogP contribution in [0.1, 0.15) is 28.9 Å². The van der Waals surface area contributed by atoms with Crippen LogP contribution in [0.25, 0.3) is 5.78 Å². The predicted octanol–water partition coefficient (Wildman–Crippen LogP) is 0.381. The molecule has 1 aromatic carbocycles. The van der Waals surface area contributed by atoms with Gasteiger partial charge in [0, 0.05) is 5.56 Å². The van der Waals surface area contributed by atoms with Crippen LogP contribution in [0, 0.1) is 0 Å². The number of hydrogen-bond acceptors (Lipinski definition) is 6. The van der Waals surface area contributed by atoms with Crippen LogP contribution >= 0.6 is 0 Å². The SMILES string of the molecule is C[C@@H](C(=O)c1ccccc1)c1nc2nnc(N)n2[nH]c1=O. The third-order valence-corrected chi connectivity index (χ3v) is 3.20. The minimum atomic E-state index is -0.695. The third kappa shape index (κ3) is 2.16. The van der Waals surface area contributed by atoms with Crippen molar-refractivity contribution in [2.75, 3.05) is 5.73 Å². The quantitative estimate of drug-likeness (QED) is 0.671. The number of benzene rings is 1. The molecular weight excluding hydrogens is 272 g/mol. The Morgan fingerprint density at radius 3 is 2.71 bits per heavy atom. The number of aromatic amines is 1. The minimum Gasteiger partial charge on any atom is -0.366 e. The zero-order valence-corrected chi connectivity index (χ0v) is 11.1. The number of H-pyrrole nitrogens is 1. The second-order valence-electron chi connectivity index (χ2n) is 4.58. The molecule has 0 aliphatic heterocycles. The number of hydrogen-bond donors (Lipinski definition) is 2.